The van der Waals surface area contributed by atoms with E-state index in [1.165, 1.54) is 11.2 Å². The molecule has 0 atom stereocenters. The van der Waals surface area contributed by atoms with Crippen LogP contribution in [-0.4, -0.2) is 59.5 Å². The van der Waals surface area contributed by atoms with Crippen molar-refractivity contribution in [2.45, 2.75) is 0 Å². The van der Waals surface area contributed by atoms with Crippen molar-refractivity contribution in [1.29, 1.82) is 0 Å². The van der Waals surface area contributed by atoms with Crippen molar-refractivity contribution >= 4 is 74.9 Å². The molecule has 0 unspecified atom stereocenters. The topological polar surface area (TPSA) is 95.1 Å². The second-order valence-electron chi connectivity index (χ2n) is 9.11. The Morgan fingerprint density at radius 1 is 0.927 bits per heavy atom. The number of hydrogen-bond acceptors (Lipinski definition) is 8. The lowest BCUT2D eigenvalue weighted by Crippen LogP contribution is -2.42. The molecule has 212 valence electrons. The third kappa shape index (κ3) is 6.92. The van der Waals surface area contributed by atoms with Crippen LogP contribution < -0.4 is 29.9 Å². The van der Waals surface area contributed by atoms with Gasteiger partial charge < -0.3 is 25.0 Å². The van der Waals surface area contributed by atoms with Gasteiger partial charge in [-0.2, -0.15) is 0 Å². The van der Waals surface area contributed by atoms with Gasteiger partial charge in [0.2, 0.25) is 0 Å². The Balaban J connectivity index is 1.46. The number of hydrogen-bond donors (Lipinski definition) is 2. The summed E-state index contributed by atoms with van der Waals surface area (Å²) in [4.78, 5) is 26.4. The highest BCUT2D eigenvalue weighted by atomic mass is 127. The van der Waals surface area contributed by atoms with Crippen molar-refractivity contribution in [3.8, 4) is 11.5 Å². The monoisotopic (exact) mass is 685 g/mol. The van der Waals surface area contributed by atoms with Gasteiger partial charge in [0.25, 0.3) is 0 Å². The highest BCUT2D eigenvalue weighted by Crippen LogP contribution is 2.33. The lowest BCUT2D eigenvalue weighted by Gasteiger charge is -2.33. The van der Waals surface area contributed by atoms with Gasteiger partial charge in [0, 0.05) is 66.9 Å². The molecule has 5 rings (SSSR count). The first kappa shape index (κ1) is 28.7. The molecular weight excluding hydrogens is 657 g/mol. The molecule has 1 aliphatic rings. The Morgan fingerprint density at radius 2 is 1.68 bits per heavy atom. The molecule has 2 N–H and O–H groups in total. The fourth-order valence-electron chi connectivity index (χ4n) is 4.42. The van der Waals surface area contributed by atoms with E-state index < -0.39 is 6.03 Å². The van der Waals surface area contributed by atoms with Crippen LogP contribution in [0.3, 0.4) is 0 Å². The molecule has 3 aromatic carbocycles. The molecule has 12 heteroatoms. The van der Waals surface area contributed by atoms with Gasteiger partial charge in [-0.15, -0.1) is 0 Å². The zero-order valence-electron chi connectivity index (χ0n) is 22.6. The number of carbonyl (C=O) groups is 1. The molecule has 0 saturated carbocycles. The van der Waals surface area contributed by atoms with E-state index in [1.807, 2.05) is 48.5 Å². The van der Waals surface area contributed by atoms with E-state index in [9.17, 15) is 4.79 Å². The average Bonchev–Trinajstić information content (AvgIpc) is 3.00. The molecule has 0 spiro atoms. The van der Waals surface area contributed by atoms with Gasteiger partial charge >= 0.3 is 6.03 Å². The zero-order valence-corrected chi connectivity index (χ0v) is 25.5. The highest BCUT2D eigenvalue weighted by molar-refractivity contribution is 14.1. The van der Waals surface area contributed by atoms with E-state index in [4.69, 9.17) is 21.1 Å². The predicted octanol–water partition coefficient (Wildman–Crippen LogP) is 6.73. The van der Waals surface area contributed by atoms with Crippen LogP contribution in [0.4, 0.5) is 39.2 Å². The standard InChI is InChI=1S/C29H29ClIN7O3/c1-40-22-11-12-25(26(17-22)41-2)34-27-18-28(33-19-32-27)38(29(39)35-24-6-4-3-5-23(24)30)21-9-7-20(8-10-21)36-13-15-37(31)16-14-36/h3-12,17-19H,13-16H2,1-2H3,(H,35,39)(H,32,33,34). The number of nitrogens with one attached hydrogen (secondary N) is 2. The first-order valence-corrected chi connectivity index (χ1v) is 14.2. The van der Waals surface area contributed by atoms with Crippen LogP contribution >= 0.6 is 34.5 Å². The summed E-state index contributed by atoms with van der Waals surface area (Å²) in [6.07, 6.45) is 1.40. The molecule has 2 heterocycles. The lowest BCUT2D eigenvalue weighted by atomic mass is 10.2. The van der Waals surface area contributed by atoms with Crippen LogP contribution in [0.1, 0.15) is 0 Å². The average molecular weight is 686 g/mol. The number of urea groups is 1. The van der Waals surface area contributed by atoms with E-state index in [1.54, 1.807) is 38.5 Å². The van der Waals surface area contributed by atoms with Crippen LogP contribution in [0.5, 0.6) is 11.5 Å². The Hall–Kier alpha value is -3.81. The number of rotatable bonds is 8. The Morgan fingerprint density at radius 3 is 2.39 bits per heavy atom. The van der Waals surface area contributed by atoms with Gasteiger partial charge in [-0.1, -0.05) is 23.7 Å². The minimum atomic E-state index is -0.420. The van der Waals surface area contributed by atoms with Gasteiger partial charge in [0.1, 0.15) is 29.5 Å². The van der Waals surface area contributed by atoms with Crippen LogP contribution in [-0.2, 0) is 0 Å². The summed E-state index contributed by atoms with van der Waals surface area (Å²) in [5, 5.41) is 6.60. The van der Waals surface area contributed by atoms with Crippen LogP contribution in [0.25, 0.3) is 0 Å². The SMILES string of the molecule is COc1ccc(Nc2cc(N(C(=O)Nc3ccccc3Cl)c3ccc(N4CCN(I)CC4)cc3)ncn2)c(OC)c1. The number of methoxy groups -OCH3 is 2. The fourth-order valence-corrected chi connectivity index (χ4v) is 5.03. The van der Waals surface area contributed by atoms with E-state index in [-0.39, 0.29) is 0 Å². The maximum absolute atomic E-state index is 13.8. The molecule has 41 heavy (non-hydrogen) atoms. The second kappa shape index (κ2) is 13.2. The number of nitrogens with zero attached hydrogens (tertiary/aromatic N) is 5. The maximum Gasteiger partial charge on any atom is 0.332 e. The summed E-state index contributed by atoms with van der Waals surface area (Å²) in [6, 6.07) is 21.7. The van der Waals surface area contributed by atoms with E-state index in [2.05, 4.69) is 51.5 Å². The van der Waals surface area contributed by atoms with E-state index >= 15 is 0 Å². The summed E-state index contributed by atoms with van der Waals surface area (Å²) >= 11 is 8.71. The molecule has 2 amide bonds. The van der Waals surface area contributed by atoms with Crippen molar-refractivity contribution in [2.24, 2.45) is 0 Å². The van der Waals surface area contributed by atoms with Crippen LogP contribution in [0.2, 0.25) is 5.02 Å². The number of amides is 2. The van der Waals surface area contributed by atoms with Gasteiger partial charge in [-0.25, -0.2) is 22.8 Å². The molecule has 1 aliphatic heterocycles. The van der Waals surface area contributed by atoms with Gasteiger partial charge in [-0.3, -0.25) is 0 Å². The molecule has 1 saturated heterocycles. The lowest BCUT2D eigenvalue weighted by molar-refractivity contribution is 0.259. The minimum Gasteiger partial charge on any atom is -0.497 e. The number of para-hydroxylation sites is 1. The maximum atomic E-state index is 13.8. The van der Waals surface area contributed by atoms with Gasteiger partial charge in [-0.05, 0) is 48.5 Å². The van der Waals surface area contributed by atoms with Crippen LogP contribution in [0, 0.1) is 0 Å². The van der Waals surface area contributed by atoms with Crippen molar-refractivity contribution in [2.75, 3.05) is 60.8 Å². The van der Waals surface area contributed by atoms with Gasteiger partial charge in [0.15, 0.2) is 0 Å². The molecule has 1 aromatic heterocycles. The number of halogens is 2. The molecule has 0 radical (unpaired) electrons. The molecule has 0 aliphatic carbocycles. The van der Waals surface area contributed by atoms with E-state index in [0.29, 0.717) is 45.2 Å². The van der Waals surface area contributed by atoms with Crippen molar-refractivity contribution in [1.82, 2.24) is 13.1 Å². The minimum absolute atomic E-state index is 0.366. The molecule has 10 nitrogen and oxygen atoms in total. The number of benzene rings is 3. The smallest absolute Gasteiger partial charge is 0.332 e. The Labute approximate surface area is 257 Å². The van der Waals surface area contributed by atoms with Crippen LogP contribution in [0.15, 0.2) is 79.1 Å². The first-order valence-electron chi connectivity index (χ1n) is 12.9. The second-order valence-corrected chi connectivity index (χ2v) is 10.9. The number of piperazine rings is 1. The molecule has 4 aromatic rings. The Bertz CT molecular complexity index is 1500. The highest BCUT2D eigenvalue weighted by Gasteiger charge is 2.22. The normalized spacial score (nSPS) is 13.4. The summed E-state index contributed by atoms with van der Waals surface area (Å²) in [7, 11) is 3.18. The first-order chi connectivity index (χ1) is 19.9. The number of carbonyl (C=O) groups excluding carboxylic acids is 1. The summed E-state index contributed by atoms with van der Waals surface area (Å²) in [6.45, 7) is 3.86. The summed E-state index contributed by atoms with van der Waals surface area (Å²) < 4.78 is 13.1. The number of ether oxygens (including phenoxy) is 2. The molecule has 0 bridgehead atoms. The zero-order chi connectivity index (χ0) is 28.8. The van der Waals surface area contributed by atoms with Crippen molar-refractivity contribution in [3.05, 3.63) is 84.1 Å². The molecule has 1 fully saturated rings. The quantitative estimate of drug-likeness (QED) is 0.156. The fraction of sp³-hybridized carbons (Fsp3) is 0.207. The number of anilines is 6. The largest absolute Gasteiger partial charge is 0.497 e. The molecular formula is C29H29ClIN7O3. The summed E-state index contributed by atoms with van der Waals surface area (Å²) in [5.41, 5.74) is 2.91. The van der Waals surface area contributed by atoms with Crippen molar-refractivity contribution < 1.29 is 14.3 Å². The van der Waals surface area contributed by atoms with E-state index in [0.717, 1.165) is 31.9 Å². The predicted molar refractivity (Wildman–Crippen MR) is 172 cm³/mol. The Kier molecular flexibility index (Phi) is 9.27. The third-order valence-electron chi connectivity index (χ3n) is 6.57. The van der Waals surface area contributed by atoms with Gasteiger partial charge in [0.05, 0.1) is 36.3 Å². The summed E-state index contributed by atoms with van der Waals surface area (Å²) in [5.74, 6) is 2.09. The number of aromatic nitrogens is 2. The third-order valence-corrected chi connectivity index (χ3v) is 7.86. The van der Waals surface area contributed by atoms with Crippen molar-refractivity contribution in [3.63, 3.8) is 0 Å².